The Labute approximate surface area is 141 Å². The standard InChI is InChI=1S/C16H11ClIN3/c1-10-7-8-19-12(9-10)16-20-14(13(18)15(17)21-16)11-5-3-2-4-6-11/h2-9H,1H3. The molecule has 0 amide bonds. The lowest BCUT2D eigenvalue weighted by atomic mass is 10.1. The summed E-state index contributed by atoms with van der Waals surface area (Å²) in [5.41, 5.74) is 3.68. The molecule has 0 bridgehead atoms. The van der Waals surface area contributed by atoms with Crippen LogP contribution in [0.3, 0.4) is 0 Å². The number of hydrogen-bond donors (Lipinski definition) is 0. The maximum Gasteiger partial charge on any atom is 0.180 e. The van der Waals surface area contributed by atoms with E-state index in [-0.39, 0.29) is 0 Å². The summed E-state index contributed by atoms with van der Waals surface area (Å²) in [7, 11) is 0. The molecule has 0 spiro atoms. The number of pyridine rings is 1. The summed E-state index contributed by atoms with van der Waals surface area (Å²) in [5.74, 6) is 0.544. The van der Waals surface area contributed by atoms with E-state index in [1.807, 2.05) is 49.4 Å². The van der Waals surface area contributed by atoms with Crippen LogP contribution in [0, 0.1) is 10.5 Å². The van der Waals surface area contributed by atoms with Crippen molar-refractivity contribution in [1.82, 2.24) is 15.0 Å². The van der Waals surface area contributed by atoms with Gasteiger partial charge in [-0.1, -0.05) is 41.9 Å². The lowest BCUT2D eigenvalue weighted by Gasteiger charge is -2.08. The van der Waals surface area contributed by atoms with Crippen molar-refractivity contribution in [1.29, 1.82) is 0 Å². The van der Waals surface area contributed by atoms with Gasteiger partial charge in [-0.3, -0.25) is 4.98 Å². The van der Waals surface area contributed by atoms with E-state index >= 15 is 0 Å². The summed E-state index contributed by atoms with van der Waals surface area (Å²) in [4.78, 5) is 13.3. The van der Waals surface area contributed by atoms with Gasteiger partial charge in [-0.15, -0.1) is 0 Å². The fourth-order valence-electron chi connectivity index (χ4n) is 1.98. The van der Waals surface area contributed by atoms with E-state index < -0.39 is 0 Å². The summed E-state index contributed by atoms with van der Waals surface area (Å²) in [6.07, 6.45) is 1.75. The Hall–Kier alpha value is -1.53. The average molecular weight is 408 g/mol. The Bertz CT molecular complexity index is 791. The van der Waals surface area contributed by atoms with Gasteiger partial charge in [0.15, 0.2) is 5.82 Å². The van der Waals surface area contributed by atoms with E-state index in [1.54, 1.807) is 6.20 Å². The van der Waals surface area contributed by atoms with Crippen molar-refractivity contribution < 1.29 is 0 Å². The molecule has 0 aliphatic carbocycles. The van der Waals surface area contributed by atoms with Crippen molar-refractivity contribution >= 4 is 34.2 Å². The number of halogens is 2. The van der Waals surface area contributed by atoms with E-state index in [1.165, 1.54) is 0 Å². The first-order chi connectivity index (χ1) is 10.1. The van der Waals surface area contributed by atoms with Gasteiger partial charge >= 0.3 is 0 Å². The van der Waals surface area contributed by atoms with E-state index in [0.29, 0.717) is 11.0 Å². The highest BCUT2D eigenvalue weighted by molar-refractivity contribution is 14.1. The molecule has 0 saturated heterocycles. The summed E-state index contributed by atoms with van der Waals surface area (Å²) < 4.78 is 0.844. The Kier molecular flexibility index (Phi) is 4.17. The Balaban J connectivity index is 2.19. The first-order valence-corrected chi connectivity index (χ1v) is 7.82. The van der Waals surface area contributed by atoms with Crippen molar-refractivity contribution in [2.24, 2.45) is 0 Å². The predicted octanol–water partition coefficient (Wildman–Crippen LogP) is 4.77. The molecule has 0 aliphatic heterocycles. The molecule has 0 saturated carbocycles. The lowest BCUT2D eigenvalue weighted by Crippen LogP contribution is -1.98. The van der Waals surface area contributed by atoms with Crippen LogP contribution in [0.15, 0.2) is 48.7 Å². The molecule has 2 aromatic heterocycles. The molecule has 0 fully saturated rings. The van der Waals surface area contributed by atoms with E-state index in [0.717, 1.165) is 26.1 Å². The van der Waals surface area contributed by atoms with Crippen molar-refractivity contribution in [3.8, 4) is 22.8 Å². The fraction of sp³-hybridized carbons (Fsp3) is 0.0625. The van der Waals surface area contributed by atoms with Crippen LogP contribution >= 0.6 is 34.2 Å². The largest absolute Gasteiger partial charge is 0.253 e. The molecule has 3 rings (SSSR count). The van der Waals surface area contributed by atoms with Crippen molar-refractivity contribution in [3.05, 3.63) is 62.9 Å². The maximum atomic E-state index is 6.27. The molecule has 0 atom stereocenters. The molecule has 0 aliphatic rings. The molecule has 0 N–H and O–H groups in total. The smallest absolute Gasteiger partial charge is 0.180 e. The first-order valence-electron chi connectivity index (χ1n) is 6.36. The summed E-state index contributed by atoms with van der Waals surface area (Å²) in [5, 5.41) is 0.447. The maximum absolute atomic E-state index is 6.27. The normalized spacial score (nSPS) is 10.6. The number of benzene rings is 1. The van der Waals surface area contributed by atoms with Crippen LogP contribution in [0.5, 0.6) is 0 Å². The van der Waals surface area contributed by atoms with Crippen molar-refractivity contribution in [3.63, 3.8) is 0 Å². The van der Waals surface area contributed by atoms with Gasteiger partial charge in [0, 0.05) is 11.8 Å². The van der Waals surface area contributed by atoms with Gasteiger partial charge < -0.3 is 0 Å². The van der Waals surface area contributed by atoms with E-state index in [2.05, 4.69) is 37.5 Å². The number of nitrogens with zero attached hydrogens (tertiary/aromatic N) is 3. The molecule has 2 heterocycles. The quantitative estimate of drug-likeness (QED) is 0.454. The SMILES string of the molecule is Cc1ccnc(-c2nc(Cl)c(I)c(-c3ccccc3)n2)c1. The molecule has 1 aromatic carbocycles. The highest BCUT2D eigenvalue weighted by atomic mass is 127. The molecule has 0 unspecified atom stereocenters. The third-order valence-electron chi connectivity index (χ3n) is 3.00. The third kappa shape index (κ3) is 3.06. The molecule has 21 heavy (non-hydrogen) atoms. The van der Waals surface area contributed by atoms with Crippen LogP contribution in [-0.2, 0) is 0 Å². The monoisotopic (exact) mass is 407 g/mol. The van der Waals surface area contributed by atoms with Gasteiger partial charge in [-0.2, -0.15) is 0 Å². The minimum atomic E-state index is 0.447. The van der Waals surface area contributed by atoms with Gasteiger partial charge in [0.2, 0.25) is 0 Å². The summed E-state index contributed by atoms with van der Waals surface area (Å²) in [6.45, 7) is 2.01. The Morgan fingerprint density at radius 3 is 2.52 bits per heavy atom. The number of aryl methyl sites for hydroxylation is 1. The minimum absolute atomic E-state index is 0.447. The summed E-state index contributed by atoms with van der Waals surface area (Å²) >= 11 is 8.45. The molecule has 3 nitrogen and oxygen atoms in total. The van der Waals surface area contributed by atoms with Crippen molar-refractivity contribution in [2.45, 2.75) is 6.92 Å². The fourth-order valence-corrected chi connectivity index (χ4v) is 2.70. The van der Waals surface area contributed by atoms with Crippen molar-refractivity contribution in [2.75, 3.05) is 0 Å². The van der Waals surface area contributed by atoms with E-state index in [4.69, 9.17) is 11.6 Å². The van der Waals surface area contributed by atoms with Crippen LogP contribution in [0.25, 0.3) is 22.8 Å². The average Bonchev–Trinajstić information content (AvgIpc) is 2.51. The Morgan fingerprint density at radius 2 is 1.81 bits per heavy atom. The third-order valence-corrected chi connectivity index (χ3v) is 4.62. The summed E-state index contributed by atoms with van der Waals surface area (Å²) in [6, 6.07) is 13.8. The van der Waals surface area contributed by atoms with Crippen LogP contribution in [0.4, 0.5) is 0 Å². The van der Waals surface area contributed by atoms with Gasteiger partial charge in [0.25, 0.3) is 0 Å². The molecule has 3 aromatic rings. The molecule has 5 heteroatoms. The van der Waals surface area contributed by atoms with E-state index in [9.17, 15) is 0 Å². The molecule has 104 valence electrons. The number of rotatable bonds is 2. The molecular weight excluding hydrogens is 397 g/mol. The molecule has 0 radical (unpaired) electrons. The lowest BCUT2D eigenvalue weighted by molar-refractivity contribution is 1.13. The van der Waals surface area contributed by atoms with Gasteiger partial charge in [-0.25, -0.2) is 9.97 Å². The second kappa shape index (κ2) is 6.07. The second-order valence-electron chi connectivity index (χ2n) is 4.59. The predicted molar refractivity (Wildman–Crippen MR) is 93.2 cm³/mol. The van der Waals surface area contributed by atoms with Gasteiger partial charge in [0.1, 0.15) is 10.8 Å². The topological polar surface area (TPSA) is 38.7 Å². The highest BCUT2D eigenvalue weighted by Gasteiger charge is 2.14. The highest BCUT2D eigenvalue weighted by Crippen LogP contribution is 2.30. The zero-order valence-corrected chi connectivity index (χ0v) is 14.1. The van der Waals surface area contributed by atoms with Gasteiger partial charge in [0.05, 0.1) is 9.26 Å². The minimum Gasteiger partial charge on any atom is -0.253 e. The van der Waals surface area contributed by atoms with Crippen LogP contribution in [-0.4, -0.2) is 15.0 Å². The Morgan fingerprint density at radius 1 is 1.05 bits per heavy atom. The van der Waals surface area contributed by atoms with Crippen LogP contribution < -0.4 is 0 Å². The second-order valence-corrected chi connectivity index (χ2v) is 6.02. The van der Waals surface area contributed by atoms with Gasteiger partial charge in [-0.05, 0) is 47.2 Å². The number of aromatic nitrogens is 3. The molecular formula is C16H11ClIN3. The van der Waals surface area contributed by atoms with Crippen LogP contribution in [0.2, 0.25) is 5.15 Å². The first kappa shape index (κ1) is 14.4. The zero-order valence-electron chi connectivity index (χ0n) is 11.2. The zero-order chi connectivity index (χ0) is 14.8. The van der Waals surface area contributed by atoms with Crippen LogP contribution in [0.1, 0.15) is 5.56 Å². The number of hydrogen-bond acceptors (Lipinski definition) is 3.